The number of thiophene rings is 1. The standard InChI is InChI=1S/C21H20N2O4S/c1-2-14-7-3-5-9-16(14)23-19(24)12-22-20(25)13-27-21(26)18-11-15-8-4-6-10-17(15)28-18/h3-11H,2,12-13H2,1H3,(H,22,25)(H,23,24). The molecule has 0 radical (unpaired) electrons. The van der Waals surface area contributed by atoms with E-state index in [1.54, 1.807) is 6.07 Å². The van der Waals surface area contributed by atoms with Gasteiger partial charge in [0, 0.05) is 10.4 Å². The molecular weight excluding hydrogens is 376 g/mol. The summed E-state index contributed by atoms with van der Waals surface area (Å²) in [5, 5.41) is 6.16. The van der Waals surface area contributed by atoms with Gasteiger partial charge in [0.2, 0.25) is 5.91 Å². The number of hydrogen-bond acceptors (Lipinski definition) is 5. The summed E-state index contributed by atoms with van der Waals surface area (Å²) in [5.74, 6) is -1.43. The van der Waals surface area contributed by atoms with E-state index in [-0.39, 0.29) is 12.5 Å². The molecule has 0 unspecified atom stereocenters. The van der Waals surface area contributed by atoms with Crippen molar-refractivity contribution in [3.63, 3.8) is 0 Å². The number of hydrogen-bond donors (Lipinski definition) is 2. The van der Waals surface area contributed by atoms with Crippen LogP contribution in [-0.2, 0) is 20.7 Å². The first-order valence-corrected chi connectivity index (χ1v) is 9.68. The molecule has 3 aromatic rings. The van der Waals surface area contributed by atoms with E-state index in [0.717, 1.165) is 27.8 Å². The number of aryl methyl sites for hydroxylation is 1. The third kappa shape index (κ3) is 4.95. The molecule has 0 spiro atoms. The van der Waals surface area contributed by atoms with Crippen molar-refractivity contribution < 1.29 is 19.1 Å². The highest BCUT2D eigenvalue weighted by atomic mass is 32.1. The van der Waals surface area contributed by atoms with Crippen LogP contribution in [0.5, 0.6) is 0 Å². The van der Waals surface area contributed by atoms with Gasteiger partial charge in [0.25, 0.3) is 5.91 Å². The van der Waals surface area contributed by atoms with Gasteiger partial charge >= 0.3 is 5.97 Å². The molecule has 7 heteroatoms. The molecule has 0 atom stereocenters. The Morgan fingerprint density at radius 1 is 1.00 bits per heavy atom. The highest BCUT2D eigenvalue weighted by Crippen LogP contribution is 2.25. The summed E-state index contributed by atoms with van der Waals surface area (Å²) in [4.78, 5) is 36.4. The van der Waals surface area contributed by atoms with Gasteiger partial charge in [0.05, 0.1) is 6.54 Å². The van der Waals surface area contributed by atoms with Crippen molar-refractivity contribution in [2.24, 2.45) is 0 Å². The molecule has 1 heterocycles. The van der Waals surface area contributed by atoms with E-state index in [1.165, 1.54) is 11.3 Å². The largest absolute Gasteiger partial charge is 0.451 e. The van der Waals surface area contributed by atoms with E-state index >= 15 is 0 Å². The van der Waals surface area contributed by atoms with Crippen LogP contribution in [0.3, 0.4) is 0 Å². The highest BCUT2D eigenvalue weighted by molar-refractivity contribution is 7.20. The fourth-order valence-corrected chi connectivity index (χ4v) is 3.62. The smallest absolute Gasteiger partial charge is 0.348 e. The molecule has 28 heavy (non-hydrogen) atoms. The second kappa shape index (κ2) is 9.14. The fourth-order valence-electron chi connectivity index (χ4n) is 2.66. The van der Waals surface area contributed by atoms with Crippen LogP contribution >= 0.6 is 11.3 Å². The third-order valence-electron chi connectivity index (χ3n) is 4.08. The lowest BCUT2D eigenvalue weighted by Gasteiger charge is -2.10. The number of esters is 1. The molecule has 1 aromatic heterocycles. The number of amides is 2. The van der Waals surface area contributed by atoms with Crippen LogP contribution in [0.2, 0.25) is 0 Å². The van der Waals surface area contributed by atoms with Gasteiger partial charge in [0.15, 0.2) is 6.61 Å². The molecule has 3 rings (SSSR count). The Morgan fingerprint density at radius 2 is 1.75 bits per heavy atom. The Labute approximate surface area is 166 Å². The summed E-state index contributed by atoms with van der Waals surface area (Å²) in [6.45, 7) is 1.36. The molecule has 2 amide bonds. The van der Waals surface area contributed by atoms with Gasteiger partial charge < -0.3 is 15.4 Å². The van der Waals surface area contributed by atoms with E-state index in [4.69, 9.17) is 4.74 Å². The van der Waals surface area contributed by atoms with Gasteiger partial charge in [-0.1, -0.05) is 43.3 Å². The first kappa shape index (κ1) is 19.6. The minimum absolute atomic E-state index is 0.197. The van der Waals surface area contributed by atoms with E-state index < -0.39 is 18.5 Å². The maximum Gasteiger partial charge on any atom is 0.348 e. The predicted molar refractivity (Wildman–Crippen MR) is 110 cm³/mol. The molecule has 0 aliphatic rings. The maximum atomic E-state index is 12.1. The molecule has 6 nitrogen and oxygen atoms in total. The van der Waals surface area contributed by atoms with Crippen molar-refractivity contribution in [2.45, 2.75) is 13.3 Å². The van der Waals surface area contributed by atoms with Crippen LogP contribution in [0.15, 0.2) is 54.6 Å². The van der Waals surface area contributed by atoms with E-state index in [1.807, 2.05) is 55.5 Å². The zero-order chi connectivity index (χ0) is 19.9. The van der Waals surface area contributed by atoms with Crippen LogP contribution in [0.4, 0.5) is 5.69 Å². The monoisotopic (exact) mass is 396 g/mol. The van der Waals surface area contributed by atoms with Crippen LogP contribution < -0.4 is 10.6 Å². The first-order valence-electron chi connectivity index (χ1n) is 8.87. The number of benzene rings is 2. The quantitative estimate of drug-likeness (QED) is 0.600. The maximum absolute atomic E-state index is 12.1. The molecule has 144 valence electrons. The average molecular weight is 396 g/mol. The number of para-hydroxylation sites is 1. The molecule has 0 fully saturated rings. The van der Waals surface area contributed by atoms with E-state index in [9.17, 15) is 14.4 Å². The third-order valence-corrected chi connectivity index (χ3v) is 5.18. The molecule has 0 aliphatic heterocycles. The Morgan fingerprint density at radius 3 is 2.54 bits per heavy atom. The summed E-state index contributed by atoms with van der Waals surface area (Å²) >= 11 is 1.31. The van der Waals surface area contributed by atoms with E-state index in [2.05, 4.69) is 10.6 Å². The number of carbonyl (C=O) groups excluding carboxylic acids is 3. The van der Waals surface area contributed by atoms with Crippen molar-refractivity contribution in [3.05, 3.63) is 65.0 Å². The zero-order valence-electron chi connectivity index (χ0n) is 15.4. The first-order chi connectivity index (χ1) is 13.6. The summed E-state index contributed by atoms with van der Waals surface area (Å²) < 4.78 is 6.01. The van der Waals surface area contributed by atoms with E-state index in [0.29, 0.717) is 4.88 Å². The average Bonchev–Trinajstić information content (AvgIpc) is 3.15. The molecule has 2 aromatic carbocycles. The van der Waals surface area contributed by atoms with Crippen molar-refractivity contribution in [3.8, 4) is 0 Å². The molecule has 0 bridgehead atoms. The van der Waals surface area contributed by atoms with Gasteiger partial charge in [0.1, 0.15) is 4.88 Å². The second-order valence-electron chi connectivity index (χ2n) is 6.06. The fraction of sp³-hybridized carbons (Fsp3) is 0.190. The van der Waals surface area contributed by atoms with Gasteiger partial charge in [-0.3, -0.25) is 9.59 Å². The van der Waals surface area contributed by atoms with Gasteiger partial charge in [-0.15, -0.1) is 11.3 Å². The minimum Gasteiger partial charge on any atom is -0.451 e. The number of nitrogens with one attached hydrogen (secondary N) is 2. The lowest BCUT2D eigenvalue weighted by atomic mass is 10.1. The van der Waals surface area contributed by atoms with Crippen LogP contribution in [0.1, 0.15) is 22.2 Å². The highest BCUT2D eigenvalue weighted by Gasteiger charge is 2.14. The zero-order valence-corrected chi connectivity index (χ0v) is 16.2. The van der Waals surface area contributed by atoms with Crippen LogP contribution in [-0.4, -0.2) is 30.9 Å². The predicted octanol–water partition coefficient (Wildman–Crippen LogP) is 3.38. The van der Waals surface area contributed by atoms with Crippen LogP contribution in [0.25, 0.3) is 10.1 Å². The molecule has 2 N–H and O–H groups in total. The van der Waals surface area contributed by atoms with Crippen molar-refractivity contribution >= 4 is 44.9 Å². The summed E-state index contributed by atoms with van der Waals surface area (Å²) in [5.41, 5.74) is 1.74. The number of ether oxygens (including phenoxy) is 1. The van der Waals surface area contributed by atoms with Crippen molar-refractivity contribution in [1.29, 1.82) is 0 Å². The van der Waals surface area contributed by atoms with Crippen molar-refractivity contribution in [1.82, 2.24) is 5.32 Å². The number of fused-ring (bicyclic) bond motifs is 1. The Kier molecular flexibility index (Phi) is 6.39. The molecule has 0 saturated carbocycles. The van der Waals surface area contributed by atoms with Gasteiger partial charge in [-0.2, -0.15) is 0 Å². The molecular formula is C21H20N2O4S. The Bertz CT molecular complexity index is 979. The number of rotatable bonds is 7. The number of anilines is 1. The van der Waals surface area contributed by atoms with Crippen molar-refractivity contribution in [2.75, 3.05) is 18.5 Å². The lowest BCUT2D eigenvalue weighted by Crippen LogP contribution is -2.35. The van der Waals surface area contributed by atoms with Gasteiger partial charge in [-0.05, 0) is 35.6 Å². The second-order valence-corrected chi connectivity index (χ2v) is 7.14. The Balaban J connectivity index is 1.45. The normalized spacial score (nSPS) is 10.5. The topological polar surface area (TPSA) is 84.5 Å². The van der Waals surface area contributed by atoms with Gasteiger partial charge in [-0.25, -0.2) is 4.79 Å². The SMILES string of the molecule is CCc1ccccc1NC(=O)CNC(=O)COC(=O)c1cc2ccccc2s1. The summed E-state index contributed by atoms with van der Waals surface area (Å²) in [6.07, 6.45) is 0.788. The number of carbonyl (C=O) groups is 3. The lowest BCUT2D eigenvalue weighted by molar-refractivity contribution is -0.126. The summed E-state index contributed by atoms with van der Waals surface area (Å²) in [7, 11) is 0. The van der Waals surface area contributed by atoms with Crippen LogP contribution in [0, 0.1) is 0 Å². The molecule has 0 saturated heterocycles. The molecule has 0 aliphatic carbocycles. The minimum atomic E-state index is -0.558. The Hall–Kier alpha value is -3.19. The summed E-state index contributed by atoms with van der Waals surface area (Å²) in [6, 6.07) is 16.8.